The number of nitrogens with one attached hydrogen (secondary N) is 1. The maximum Gasteiger partial charge on any atom is 0.354 e. The number of ether oxygens (including phenoxy) is 3. The van der Waals surface area contributed by atoms with Crippen LogP contribution in [0.2, 0.25) is 0 Å². The van der Waals surface area contributed by atoms with Gasteiger partial charge in [-0.2, -0.15) is 4.98 Å². The van der Waals surface area contributed by atoms with Crippen LogP contribution in [0.3, 0.4) is 0 Å². The third-order valence-electron chi connectivity index (χ3n) is 5.97. The summed E-state index contributed by atoms with van der Waals surface area (Å²) in [5.41, 5.74) is 0.613. The van der Waals surface area contributed by atoms with Gasteiger partial charge >= 0.3 is 12.0 Å². The summed E-state index contributed by atoms with van der Waals surface area (Å²) in [6.07, 6.45) is 3.80. The van der Waals surface area contributed by atoms with Crippen molar-refractivity contribution in [3.63, 3.8) is 0 Å². The molecule has 0 aliphatic carbocycles. The smallest absolute Gasteiger partial charge is 0.354 e. The van der Waals surface area contributed by atoms with Crippen LogP contribution in [0.15, 0.2) is 24.4 Å². The quantitative estimate of drug-likeness (QED) is 0.381. The molecule has 0 unspecified atom stereocenters. The van der Waals surface area contributed by atoms with E-state index in [2.05, 4.69) is 25.2 Å². The summed E-state index contributed by atoms with van der Waals surface area (Å²) < 4.78 is 16.5. The van der Waals surface area contributed by atoms with Gasteiger partial charge in [0, 0.05) is 32.5 Å². The Morgan fingerprint density at radius 3 is 2.77 bits per heavy atom. The standard InChI is InChI=1S/C23H30N6O6/c1-23(2,33-3)35-13-5-4-12-34-18-8-10-24-21(26-18)27-22(32)29-15-9-11-28(14-15)17-7-6-16(20(30)31)25-19(17)29/h6-8,10,15H,4-5,9,11-14H2,1-3H3,(H,30,31)(H,24,26,27,32)/t15-/m0/s1. The highest BCUT2D eigenvalue weighted by atomic mass is 16.7. The first-order valence-corrected chi connectivity index (χ1v) is 11.5. The van der Waals surface area contributed by atoms with Crippen molar-refractivity contribution in [3.8, 4) is 5.88 Å². The molecule has 2 bridgehead atoms. The van der Waals surface area contributed by atoms with Crippen LogP contribution in [0.25, 0.3) is 0 Å². The summed E-state index contributed by atoms with van der Waals surface area (Å²) in [6.45, 7) is 6.11. The average molecular weight is 487 g/mol. The van der Waals surface area contributed by atoms with E-state index in [1.54, 1.807) is 19.2 Å². The van der Waals surface area contributed by atoms with E-state index in [4.69, 9.17) is 14.2 Å². The lowest BCUT2D eigenvalue weighted by Gasteiger charge is -2.35. The number of unbranched alkanes of at least 4 members (excludes halogenated alkanes) is 1. The first kappa shape index (κ1) is 24.6. The first-order chi connectivity index (χ1) is 16.8. The fourth-order valence-corrected chi connectivity index (χ4v) is 3.99. The second-order valence-electron chi connectivity index (χ2n) is 8.76. The number of urea groups is 1. The molecule has 1 atom stereocenters. The lowest BCUT2D eigenvalue weighted by molar-refractivity contribution is -0.197. The van der Waals surface area contributed by atoms with Gasteiger partial charge in [-0.25, -0.2) is 19.6 Å². The highest BCUT2D eigenvalue weighted by molar-refractivity contribution is 6.04. The number of hydrogen-bond acceptors (Lipinski definition) is 9. The molecule has 1 saturated heterocycles. The Balaban J connectivity index is 1.36. The first-order valence-electron chi connectivity index (χ1n) is 11.5. The Bertz CT molecular complexity index is 1080. The fourth-order valence-electron chi connectivity index (χ4n) is 3.99. The van der Waals surface area contributed by atoms with Gasteiger partial charge in [-0.1, -0.05) is 0 Å². The number of methoxy groups -OCH3 is 1. The van der Waals surface area contributed by atoms with Gasteiger partial charge < -0.3 is 24.2 Å². The molecule has 4 heterocycles. The van der Waals surface area contributed by atoms with E-state index in [-0.39, 0.29) is 17.7 Å². The molecule has 0 saturated carbocycles. The Labute approximate surface area is 203 Å². The predicted molar refractivity (Wildman–Crippen MR) is 127 cm³/mol. The van der Waals surface area contributed by atoms with Crippen molar-refractivity contribution in [1.29, 1.82) is 0 Å². The molecule has 2 amide bonds. The van der Waals surface area contributed by atoms with Gasteiger partial charge in [0.05, 0.1) is 24.9 Å². The molecule has 0 spiro atoms. The number of carbonyl (C=O) groups excluding carboxylic acids is 1. The topological polar surface area (TPSA) is 139 Å². The van der Waals surface area contributed by atoms with Crippen LogP contribution in [0.4, 0.5) is 22.2 Å². The number of carboxylic acid groups (broad SMARTS) is 1. The van der Waals surface area contributed by atoms with Crippen LogP contribution >= 0.6 is 0 Å². The molecule has 2 aliphatic heterocycles. The minimum Gasteiger partial charge on any atom is -0.478 e. The lowest BCUT2D eigenvalue weighted by atomic mass is 10.2. The van der Waals surface area contributed by atoms with Crippen LogP contribution in [-0.4, -0.2) is 77.3 Å². The summed E-state index contributed by atoms with van der Waals surface area (Å²) in [5.74, 6) is -1.01. The summed E-state index contributed by atoms with van der Waals surface area (Å²) in [5, 5.41) is 12.1. The van der Waals surface area contributed by atoms with E-state index in [0.717, 1.165) is 31.5 Å². The van der Waals surface area contributed by atoms with Crippen molar-refractivity contribution in [2.45, 2.75) is 44.9 Å². The predicted octanol–water partition coefficient (Wildman–Crippen LogP) is 2.76. The molecule has 188 valence electrons. The highest BCUT2D eigenvalue weighted by Gasteiger charge is 2.40. The molecule has 2 aromatic heterocycles. The summed E-state index contributed by atoms with van der Waals surface area (Å²) >= 11 is 0. The average Bonchev–Trinajstić information content (AvgIpc) is 3.25. The molecule has 0 aromatic carbocycles. The number of pyridine rings is 1. The maximum atomic E-state index is 13.2. The Hall–Kier alpha value is -3.51. The molecule has 4 rings (SSSR count). The molecule has 1 fully saturated rings. The van der Waals surface area contributed by atoms with E-state index < -0.39 is 17.8 Å². The number of amides is 2. The summed E-state index contributed by atoms with van der Waals surface area (Å²) in [7, 11) is 1.60. The Kier molecular flexibility index (Phi) is 7.31. The molecular weight excluding hydrogens is 456 g/mol. The maximum absolute atomic E-state index is 13.2. The van der Waals surface area contributed by atoms with E-state index in [9.17, 15) is 14.7 Å². The van der Waals surface area contributed by atoms with Crippen molar-refractivity contribution >= 4 is 29.5 Å². The van der Waals surface area contributed by atoms with Gasteiger partial charge in [-0.15, -0.1) is 0 Å². The Morgan fingerprint density at radius 1 is 1.20 bits per heavy atom. The monoisotopic (exact) mass is 486 g/mol. The number of carbonyl (C=O) groups is 2. The van der Waals surface area contributed by atoms with Crippen LogP contribution in [0.5, 0.6) is 5.88 Å². The van der Waals surface area contributed by atoms with Crippen molar-refractivity contribution in [1.82, 2.24) is 15.0 Å². The highest BCUT2D eigenvalue weighted by Crippen LogP contribution is 2.39. The summed E-state index contributed by atoms with van der Waals surface area (Å²) in [6, 6.07) is 4.17. The Morgan fingerprint density at radius 2 is 2.00 bits per heavy atom. The summed E-state index contributed by atoms with van der Waals surface area (Å²) in [4.78, 5) is 40.9. The van der Waals surface area contributed by atoms with Crippen molar-refractivity contribution in [2.24, 2.45) is 0 Å². The van der Waals surface area contributed by atoms with Gasteiger partial charge in [0.2, 0.25) is 11.8 Å². The van der Waals surface area contributed by atoms with Gasteiger partial charge in [0.25, 0.3) is 0 Å². The largest absolute Gasteiger partial charge is 0.478 e. The van der Waals surface area contributed by atoms with Gasteiger partial charge in [-0.3, -0.25) is 10.2 Å². The normalized spacial score (nSPS) is 16.7. The number of nitrogens with zero attached hydrogens (tertiary/aromatic N) is 5. The van der Waals surface area contributed by atoms with Gasteiger partial charge in [-0.05, 0) is 45.2 Å². The van der Waals surface area contributed by atoms with Crippen molar-refractivity contribution < 1.29 is 28.9 Å². The zero-order chi connectivity index (χ0) is 25.0. The minimum absolute atomic E-state index is 0.0917. The van der Waals surface area contributed by atoms with E-state index in [1.807, 2.05) is 13.8 Å². The number of aromatic carboxylic acids is 1. The molecule has 2 aliphatic rings. The number of anilines is 3. The van der Waals surface area contributed by atoms with Crippen LogP contribution in [0, 0.1) is 0 Å². The van der Waals surface area contributed by atoms with Crippen LogP contribution < -0.4 is 19.9 Å². The molecule has 12 nitrogen and oxygen atoms in total. The van der Waals surface area contributed by atoms with Gasteiger partial charge in [0.1, 0.15) is 0 Å². The third-order valence-corrected chi connectivity index (χ3v) is 5.97. The van der Waals surface area contributed by atoms with Crippen LogP contribution in [-0.2, 0) is 9.47 Å². The molecule has 0 radical (unpaired) electrons. The fraction of sp³-hybridized carbons (Fsp3) is 0.522. The van der Waals surface area contributed by atoms with E-state index >= 15 is 0 Å². The van der Waals surface area contributed by atoms with E-state index in [0.29, 0.717) is 31.5 Å². The molecular formula is C23H30N6O6. The van der Waals surface area contributed by atoms with E-state index in [1.165, 1.54) is 17.2 Å². The number of aromatic nitrogens is 3. The zero-order valence-corrected chi connectivity index (χ0v) is 20.1. The second kappa shape index (κ2) is 10.4. The number of hydrogen-bond donors (Lipinski definition) is 2. The molecule has 35 heavy (non-hydrogen) atoms. The van der Waals surface area contributed by atoms with Gasteiger partial charge in [0.15, 0.2) is 17.3 Å². The van der Waals surface area contributed by atoms with Crippen molar-refractivity contribution in [3.05, 3.63) is 30.1 Å². The molecule has 2 N–H and O–H groups in total. The SMILES string of the molecule is COC(C)(C)OCCCCOc1ccnc(NC(=O)N2c3nc(C(=O)O)ccc3N3CC[C@H]2C3)n1. The van der Waals surface area contributed by atoms with Crippen molar-refractivity contribution in [2.75, 3.05) is 48.5 Å². The minimum atomic E-state index is -1.15. The number of carboxylic acids is 1. The zero-order valence-electron chi connectivity index (χ0n) is 20.1. The second-order valence-corrected chi connectivity index (χ2v) is 8.76. The third kappa shape index (κ3) is 5.77. The molecule has 12 heteroatoms. The molecule has 2 aromatic rings. The number of rotatable bonds is 10. The number of fused-ring (bicyclic) bond motifs is 4. The van der Waals surface area contributed by atoms with Crippen LogP contribution in [0.1, 0.15) is 43.6 Å². The lowest BCUT2D eigenvalue weighted by Crippen LogP contribution is -2.48.